The van der Waals surface area contributed by atoms with E-state index in [0.717, 1.165) is 48.2 Å². The van der Waals surface area contributed by atoms with Crippen LogP contribution in [0.15, 0.2) is 30.3 Å². The fourth-order valence-electron chi connectivity index (χ4n) is 2.77. The Morgan fingerprint density at radius 2 is 2.08 bits per heavy atom. The lowest BCUT2D eigenvalue weighted by atomic mass is 10.2. The molecule has 0 saturated heterocycles. The summed E-state index contributed by atoms with van der Waals surface area (Å²) < 4.78 is 0. The van der Waals surface area contributed by atoms with Crippen LogP contribution in [0.1, 0.15) is 41.8 Å². The Balaban J connectivity index is 1.52. The van der Waals surface area contributed by atoms with Crippen LogP contribution < -0.4 is 0 Å². The normalized spacial score (nSPS) is 11.1. The van der Waals surface area contributed by atoms with Gasteiger partial charge in [0.2, 0.25) is 0 Å². The van der Waals surface area contributed by atoms with Gasteiger partial charge in [-0.3, -0.25) is 9.89 Å². The van der Waals surface area contributed by atoms with Crippen molar-refractivity contribution < 1.29 is 4.79 Å². The number of rotatable bonds is 7. The van der Waals surface area contributed by atoms with E-state index in [2.05, 4.69) is 27.1 Å². The fourth-order valence-corrected chi connectivity index (χ4v) is 2.77. The molecule has 0 saturated carbocycles. The summed E-state index contributed by atoms with van der Waals surface area (Å²) >= 11 is 0. The predicted molar refractivity (Wildman–Crippen MR) is 94.0 cm³/mol. The average Bonchev–Trinajstić information content (AvgIpc) is 3.20. The topological polar surface area (TPSA) is 77.7 Å². The van der Waals surface area contributed by atoms with Crippen molar-refractivity contribution in [2.24, 2.45) is 0 Å². The molecule has 0 bridgehead atoms. The van der Waals surface area contributed by atoms with Crippen molar-refractivity contribution in [1.82, 2.24) is 25.1 Å². The van der Waals surface area contributed by atoms with Crippen molar-refractivity contribution in [3.05, 3.63) is 47.5 Å². The number of aromatic nitrogens is 4. The minimum absolute atomic E-state index is 0.0433. The monoisotopic (exact) mass is 325 g/mol. The molecule has 2 aromatic heterocycles. The van der Waals surface area contributed by atoms with E-state index in [0.29, 0.717) is 12.2 Å². The molecule has 2 heterocycles. The summed E-state index contributed by atoms with van der Waals surface area (Å²) in [6.45, 7) is 2.78. The van der Waals surface area contributed by atoms with Gasteiger partial charge >= 0.3 is 0 Å². The quantitative estimate of drug-likeness (QED) is 0.701. The molecule has 2 N–H and O–H groups in total. The average molecular weight is 325 g/mol. The van der Waals surface area contributed by atoms with E-state index in [1.165, 1.54) is 0 Å². The lowest BCUT2D eigenvalue weighted by Crippen LogP contribution is -2.28. The van der Waals surface area contributed by atoms with E-state index < -0.39 is 0 Å². The number of nitrogens with one attached hydrogen (secondary N) is 2. The van der Waals surface area contributed by atoms with Crippen molar-refractivity contribution in [2.45, 2.75) is 32.6 Å². The third-order valence-electron chi connectivity index (χ3n) is 4.06. The number of benzene rings is 1. The number of hydrogen-bond donors (Lipinski definition) is 2. The number of nitrogens with zero attached hydrogens (tertiary/aromatic N) is 3. The van der Waals surface area contributed by atoms with Gasteiger partial charge in [-0.25, -0.2) is 4.98 Å². The molecule has 1 amide bonds. The van der Waals surface area contributed by atoms with Crippen LogP contribution >= 0.6 is 0 Å². The Morgan fingerprint density at radius 1 is 1.25 bits per heavy atom. The molecule has 3 rings (SSSR count). The van der Waals surface area contributed by atoms with Gasteiger partial charge in [-0.2, -0.15) is 5.10 Å². The Morgan fingerprint density at radius 3 is 2.88 bits per heavy atom. The smallest absolute Gasteiger partial charge is 0.274 e. The Kier molecular flexibility index (Phi) is 4.93. The highest BCUT2D eigenvalue weighted by molar-refractivity contribution is 5.92. The van der Waals surface area contributed by atoms with Crippen LogP contribution in [-0.4, -0.2) is 44.6 Å². The minimum atomic E-state index is -0.0433. The van der Waals surface area contributed by atoms with Gasteiger partial charge in [0.15, 0.2) is 0 Å². The number of carbonyl (C=O) groups is 1. The first-order chi connectivity index (χ1) is 11.7. The Labute approximate surface area is 141 Å². The largest absolute Gasteiger partial charge is 0.342 e. The van der Waals surface area contributed by atoms with Crippen molar-refractivity contribution >= 4 is 16.9 Å². The van der Waals surface area contributed by atoms with Crippen molar-refractivity contribution in [3.63, 3.8) is 0 Å². The third kappa shape index (κ3) is 3.64. The molecule has 0 radical (unpaired) electrons. The second-order valence-electron chi connectivity index (χ2n) is 6.06. The number of para-hydroxylation sites is 2. The lowest BCUT2D eigenvalue weighted by Gasteiger charge is -2.15. The van der Waals surface area contributed by atoms with Crippen LogP contribution in [0.4, 0.5) is 0 Å². The molecule has 0 aliphatic rings. The Bertz CT molecular complexity index is 787. The molecule has 0 spiro atoms. The maximum atomic E-state index is 12.4. The second-order valence-corrected chi connectivity index (χ2v) is 6.06. The highest BCUT2D eigenvalue weighted by atomic mass is 16.2. The highest BCUT2D eigenvalue weighted by Crippen LogP contribution is 2.12. The molecule has 0 fully saturated rings. The van der Waals surface area contributed by atoms with Gasteiger partial charge in [-0.15, -0.1) is 0 Å². The van der Waals surface area contributed by atoms with Crippen LogP contribution in [0.5, 0.6) is 0 Å². The summed E-state index contributed by atoms with van der Waals surface area (Å²) in [6, 6.07) is 9.84. The van der Waals surface area contributed by atoms with Gasteiger partial charge in [0.25, 0.3) is 5.91 Å². The minimum Gasteiger partial charge on any atom is -0.342 e. The third-order valence-corrected chi connectivity index (χ3v) is 4.06. The van der Waals surface area contributed by atoms with Gasteiger partial charge in [0.05, 0.1) is 11.0 Å². The van der Waals surface area contributed by atoms with Crippen LogP contribution in [0, 0.1) is 0 Å². The van der Waals surface area contributed by atoms with Crippen molar-refractivity contribution in [2.75, 3.05) is 13.6 Å². The van der Waals surface area contributed by atoms with Gasteiger partial charge in [-0.1, -0.05) is 25.5 Å². The SMILES string of the molecule is CCCc1cc(C(=O)N(C)CCCc2nc3ccccc3[nH]2)n[nH]1. The van der Waals surface area contributed by atoms with E-state index in [9.17, 15) is 4.79 Å². The molecule has 0 aliphatic heterocycles. The first-order valence-electron chi connectivity index (χ1n) is 8.40. The van der Waals surface area contributed by atoms with Crippen molar-refractivity contribution in [3.8, 4) is 0 Å². The maximum absolute atomic E-state index is 12.4. The molecule has 6 nitrogen and oxygen atoms in total. The number of hydrogen-bond acceptors (Lipinski definition) is 3. The lowest BCUT2D eigenvalue weighted by molar-refractivity contribution is 0.0787. The molecule has 0 aliphatic carbocycles. The van der Waals surface area contributed by atoms with Crippen LogP contribution in [0.2, 0.25) is 0 Å². The Hall–Kier alpha value is -2.63. The van der Waals surface area contributed by atoms with Crippen LogP contribution in [0.3, 0.4) is 0 Å². The van der Waals surface area contributed by atoms with Crippen LogP contribution in [0.25, 0.3) is 11.0 Å². The van der Waals surface area contributed by atoms with E-state index >= 15 is 0 Å². The predicted octanol–water partition coefficient (Wildman–Crippen LogP) is 2.94. The standard InChI is InChI=1S/C18H23N5O/c1-3-7-13-12-16(22-21-13)18(24)23(2)11-6-10-17-19-14-8-4-5-9-15(14)20-17/h4-5,8-9,12H,3,6-7,10-11H2,1-2H3,(H,19,20)(H,21,22). The molecular weight excluding hydrogens is 302 g/mol. The second kappa shape index (κ2) is 7.29. The molecule has 1 aromatic carbocycles. The zero-order chi connectivity index (χ0) is 16.9. The fraction of sp³-hybridized carbons (Fsp3) is 0.389. The van der Waals surface area contributed by atoms with Crippen LogP contribution in [-0.2, 0) is 12.8 Å². The summed E-state index contributed by atoms with van der Waals surface area (Å²) in [7, 11) is 1.81. The first-order valence-corrected chi connectivity index (χ1v) is 8.40. The van der Waals surface area contributed by atoms with E-state index in [1.807, 2.05) is 37.4 Å². The van der Waals surface area contributed by atoms with Gasteiger partial charge in [0.1, 0.15) is 11.5 Å². The molecular formula is C18H23N5O. The maximum Gasteiger partial charge on any atom is 0.274 e. The van der Waals surface area contributed by atoms with E-state index in [4.69, 9.17) is 0 Å². The number of H-pyrrole nitrogens is 2. The van der Waals surface area contributed by atoms with E-state index in [1.54, 1.807) is 4.90 Å². The zero-order valence-electron chi connectivity index (χ0n) is 14.2. The molecule has 0 unspecified atom stereocenters. The summed E-state index contributed by atoms with van der Waals surface area (Å²) in [5.74, 6) is 0.917. The summed E-state index contributed by atoms with van der Waals surface area (Å²) in [4.78, 5) is 22.0. The van der Waals surface area contributed by atoms with E-state index in [-0.39, 0.29) is 5.91 Å². The highest BCUT2D eigenvalue weighted by Gasteiger charge is 2.15. The van der Waals surface area contributed by atoms with Gasteiger partial charge in [0, 0.05) is 25.7 Å². The molecule has 0 atom stereocenters. The summed E-state index contributed by atoms with van der Waals surface area (Å²) in [6.07, 6.45) is 3.61. The van der Waals surface area contributed by atoms with Gasteiger partial charge < -0.3 is 9.88 Å². The number of fused-ring (bicyclic) bond motifs is 1. The number of imidazole rings is 1. The first kappa shape index (κ1) is 16.2. The molecule has 6 heteroatoms. The molecule has 126 valence electrons. The molecule has 24 heavy (non-hydrogen) atoms. The summed E-state index contributed by atoms with van der Waals surface area (Å²) in [5.41, 5.74) is 3.54. The molecule has 3 aromatic rings. The number of amides is 1. The van der Waals surface area contributed by atoms with Crippen molar-refractivity contribution in [1.29, 1.82) is 0 Å². The number of carbonyl (C=O) groups excluding carboxylic acids is 1. The summed E-state index contributed by atoms with van der Waals surface area (Å²) in [5, 5.41) is 7.04. The zero-order valence-corrected chi connectivity index (χ0v) is 14.2. The van der Waals surface area contributed by atoms with Gasteiger partial charge in [-0.05, 0) is 31.0 Å². The number of aryl methyl sites for hydroxylation is 2. The number of aromatic amines is 2.